The predicted molar refractivity (Wildman–Crippen MR) is 215 cm³/mol. The number of hydrogen-bond donors (Lipinski definition) is 4. The molecule has 12 nitrogen and oxygen atoms in total. The van der Waals surface area contributed by atoms with E-state index in [2.05, 4.69) is 60.5 Å². The number of aryl methyl sites for hydroxylation is 2. The molecule has 2 amide bonds. The van der Waals surface area contributed by atoms with Crippen molar-refractivity contribution in [2.45, 2.75) is 73.3 Å². The number of aromatic nitrogens is 5. The lowest BCUT2D eigenvalue weighted by molar-refractivity contribution is 0.0338. The lowest BCUT2D eigenvalue weighted by atomic mass is 9.65. The summed E-state index contributed by atoms with van der Waals surface area (Å²) in [6.07, 6.45) is 13.5. The molecular weight excluding hydrogens is 738 g/mol. The normalized spacial score (nSPS) is 22.7. The maximum atomic E-state index is 13.3. The van der Waals surface area contributed by atoms with Gasteiger partial charge >= 0.3 is 0 Å². The van der Waals surface area contributed by atoms with E-state index in [1.54, 1.807) is 13.3 Å². The van der Waals surface area contributed by atoms with Gasteiger partial charge < -0.3 is 35.1 Å². The molecule has 13 heteroatoms. The second-order valence-electron chi connectivity index (χ2n) is 18.0. The molecule has 5 aromatic heterocycles. The average Bonchev–Trinajstić information content (AvgIpc) is 4.06. The van der Waals surface area contributed by atoms with Gasteiger partial charge in [-0.25, -0.2) is 9.97 Å². The zero-order valence-corrected chi connectivity index (χ0v) is 33.1. The van der Waals surface area contributed by atoms with Crippen LogP contribution in [0.3, 0.4) is 0 Å². The van der Waals surface area contributed by atoms with Crippen molar-refractivity contribution in [2.24, 2.45) is 0 Å². The molecule has 4 fully saturated rings. The van der Waals surface area contributed by atoms with E-state index < -0.39 is 0 Å². The molecule has 2 saturated carbocycles. The Balaban J connectivity index is 0.000000129. The standard InChI is InChI=1S/C25H25N5O2.C19H19ClN4O/c1-30-12-24(13-30)22-20(23(31)29-25(24)7-8-25)16-5-3-14-10-26-18(9-17(14)21(16)28-22)15-4-6-19(32-2)27-11-15;1-24-8-18(9-24)16-14(17(25)23-19(18)4-5-19)11-3-2-10-7-21-13(20)6-12(10)15(11)22-16/h4,6,9-11,28H,3,5,7-8,12-13H2,1-2H3,(H,29,31);6-7,22H,2-5,8-9H2,1H3,(H,23,25). The van der Waals surface area contributed by atoms with Crippen LogP contribution in [-0.2, 0) is 36.5 Å². The number of amides is 2. The number of halogens is 1. The van der Waals surface area contributed by atoms with Gasteiger partial charge in [-0.2, -0.15) is 0 Å². The second-order valence-corrected chi connectivity index (χ2v) is 18.4. The van der Waals surface area contributed by atoms with Gasteiger partial charge in [0.05, 0.1) is 57.2 Å². The number of likely N-dealkylation sites (tertiary alicyclic amines) is 2. The smallest absolute Gasteiger partial charge is 0.253 e. The van der Waals surface area contributed by atoms with Crippen LogP contribution in [0.15, 0.2) is 42.9 Å². The molecule has 9 heterocycles. The van der Waals surface area contributed by atoms with Gasteiger partial charge in [0.1, 0.15) is 5.15 Å². The first-order chi connectivity index (χ1) is 27.6. The molecule has 4 aliphatic heterocycles. The van der Waals surface area contributed by atoms with Crippen LogP contribution in [0.2, 0.25) is 5.15 Å². The summed E-state index contributed by atoms with van der Waals surface area (Å²) in [6, 6.07) is 7.91. The number of carbonyl (C=O) groups excluding carboxylic acids is 2. The Bertz CT molecular complexity index is 2590. The van der Waals surface area contributed by atoms with E-state index in [9.17, 15) is 9.59 Å². The number of nitrogens with zero attached hydrogens (tertiary/aromatic N) is 5. The van der Waals surface area contributed by atoms with Gasteiger partial charge in [-0.05, 0) is 106 Å². The fourth-order valence-electron chi connectivity index (χ4n) is 11.8. The van der Waals surface area contributed by atoms with Crippen LogP contribution in [0.25, 0.3) is 33.8 Å². The van der Waals surface area contributed by atoms with Crippen molar-refractivity contribution in [3.63, 3.8) is 0 Å². The summed E-state index contributed by atoms with van der Waals surface area (Å²) in [5, 5.41) is 7.31. The number of rotatable bonds is 2. The molecule has 0 bridgehead atoms. The Hall–Kier alpha value is -5.04. The number of fused-ring (bicyclic) bond motifs is 14. The first kappa shape index (κ1) is 34.0. The number of ether oxygens (including phenoxy) is 1. The van der Waals surface area contributed by atoms with E-state index in [1.807, 2.05) is 30.6 Å². The van der Waals surface area contributed by atoms with Crippen molar-refractivity contribution in [1.82, 2.24) is 45.4 Å². The molecule has 0 aromatic carbocycles. The van der Waals surface area contributed by atoms with Crippen LogP contribution in [-0.4, -0.2) is 105 Å². The van der Waals surface area contributed by atoms with Gasteiger partial charge in [0.2, 0.25) is 5.88 Å². The summed E-state index contributed by atoms with van der Waals surface area (Å²) in [6.45, 7) is 3.99. The van der Waals surface area contributed by atoms with Crippen molar-refractivity contribution in [3.8, 4) is 39.7 Å². The second kappa shape index (κ2) is 11.3. The summed E-state index contributed by atoms with van der Waals surface area (Å²) in [4.78, 5) is 51.7. The summed E-state index contributed by atoms with van der Waals surface area (Å²) in [5.74, 6) is 0.794. The molecule has 0 unspecified atom stereocenters. The molecule has 4 spiro atoms. The number of H-pyrrole nitrogens is 2. The highest BCUT2D eigenvalue weighted by atomic mass is 35.5. The van der Waals surface area contributed by atoms with Gasteiger partial charge in [-0.15, -0.1) is 0 Å². The van der Waals surface area contributed by atoms with Gasteiger partial charge in [0.25, 0.3) is 11.8 Å². The molecule has 290 valence electrons. The zero-order valence-electron chi connectivity index (χ0n) is 32.4. The number of pyridine rings is 3. The van der Waals surface area contributed by atoms with Gasteiger partial charge in [-0.3, -0.25) is 14.6 Å². The Labute approximate surface area is 335 Å². The maximum absolute atomic E-state index is 13.3. The fourth-order valence-corrected chi connectivity index (χ4v) is 12.0. The molecule has 13 rings (SSSR count). The number of aromatic amines is 2. The number of carbonyl (C=O) groups is 2. The molecule has 5 aromatic rings. The van der Waals surface area contributed by atoms with E-state index in [4.69, 9.17) is 21.3 Å². The molecular formula is C44H44ClN9O3. The first-order valence-corrected chi connectivity index (χ1v) is 20.6. The van der Waals surface area contributed by atoms with E-state index in [0.717, 1.165) is 134 Å². The lowest BCUT2D eigenvalue weighted by Gasteiger charge is -2.55. The highest BCUT2D eigenvalue weighted by Crippen LogP contribution is 2.61. The van der Waals surface area contributed by atoms with Gasteiger partial charge in [0.15, 0.2) is 0 Å². The third-order valence-electron chi connectivity index (χ3n) is 14.8. The summed E-state index contributed by atoms with van der Waals surface area (Å²) in [7, 11) is 5.93. The molecule has 8 aliphatic rings. The molecule has 4 aliphatic carbocycles. The van der Waals surface area contributed by atoms with Crippen molar-refractivity contribution in [1.29, 1.82) is 0 Å². The van der Waals surface area contributed by atoms with Crippen LogP contribution in [0, 0.1) is 0 Å². The molecule has 4 N–H and O–H groups in total. The summed E-state index contributed by atoms with van der Waals surface area (Å²) >= 11 is 6.16. The minimum Gasteiger partial charge on any atom is -0.481 e. The fraction of sp³-hybridized carbons (Fsp3) is 0.432. The topological polar surface area (TPSA) is 144 Å². The average molecular weight is 782 g/mol. The molecule has 0 radical (unpaired) electrons. The molecule has 57 heavy (non-hydrogen) atoms. The minimum absolute atomic E-state index is 0.0122. The maximum Gasteiger partial charge on any atom is 0.253 e. The van der Waals surface area contributed by atoms with Crippen LogP contribution in [0.4, 0.5) is 0 Å². The first-order valence-electron chi connectivity index (χ1n) is 20.2. The van der Waals surface area contributed by atoms with E-state index in [-0.39, 0.29) is 33.7 Å². The van der Waals surface area contributed by atoms with E-state index in [0.29, 0.717) is 11.0 Å². The summed E-state index contributed by atoms with van der Waals surface area (Å²) < 4.78 is 5.19. The van der Waals surface area contributed by atoms with E-state index >= 15 is 0 Å². The minimum atomic E-state index is -0.0575. The van der Waals surface area contributed by atoms with E-state index in [1.165, 1.54) is 22.4 Å². The number of likely N-dealkylation sites (N-methyl/N-ethyl adjacent to an activating group) is 2. The highest BCUT2D eigenvalue weighted by Gasteiger charge is 2.70. The predicted octanol–water partition coefficient (Wildman–Crippen LogP) is 4.99. The van der Waals surface area contributed by atoms with Gasteiger partial charge in [0, 0.05) is 78.9 Å². The van der Waals surface area contributed by atoms with Crippen LogP contribution >= 0.6 is 11.6 Å². The largest absolute Gasteiger partial charge is 0.481 e. The lowest BCUT2D eigenvalue weighted by Crippen LogP contribution is -2.71. The van der Waals surface area contributed by atoms with Crippen molar-refractivity contribution >= 4 is 23.4 Å². The monoisotopic (exact) mass is 781 g/mol. The summed E-state index contributed by atoms with van der Waals surface area (Å²) in [5.41, 5.74) is 15.1. The third kappa shape index (κ3) is 4.49. The third-order valence-corrected chi connectivity index (χ3v) is 15.0. The van der Waals surface area contributed by atoms with Crippen LogP contribution in [0.1, 0.15) is 80.0 Å². The number of hydrogen-bond acceptors (Lipinski definition) is 8. The molecule has 2 saturated heterocycles. The number of methoxy groups -OCH3 is 1. The van der Waals surface area contributed by atoms with Crippen LogP contribution in [0.5, 0.6) is 5.88 Å². The Morgan fingerprint density at radius 2 is 1.21 bits per heavy atom. The zero-order chi connectivity index (χ0) is 38.6. The van der Waals surface area contributed by atoms with Crippen molar-refractivity contribution < 1.29 is 14.3 Å². The van der Waals surface area contributed by atoms with Crippen molar-refractivity contribution in [2.75, 3.05) is 47.4 Å². The quantitative estimate of drug-likeness (QED) is 0.184. The Kier molecular flexibility index (Phi) is 6.77. The SMILES string of the molecule is CN1CC2(C1)c1[nH]c3c(c1C(=O)NC21CC1)CCc1cnc(Cl)cc1-3.COc1ccc(-c2cc3c(cn2)CCc2c-3[nH]c3c2C(=O)NC2(CC2)C32CN(C)C2)cn1. The number of nitrogens with one attached hydrogen (secondary N) is 4. The van der Waals surface area contributed by atoms with Gasteiger partial charge in [-0.1, -0.05) is 11.6 Å². The Morgan fingerprint density at radius 1 is 0.684 bits per heavy atom. The van der Waals surface area contributed by atoms with Crippen molar-refractivity contribution in [3.05, 3.63) is 92.8 Å². The molecule has 0 atom stereocenters. The van der Waals surface area contributed by atoms with Crippen LogP contribution < -0.4 is 15.4 Å². The highest BCUT2D eigenvalue weighted by molar-refractivity contribution is 6.29. The Morgan fingerprint density at radius 3 is 1.68 bits per heavy atom.